The van der Waals surface area contributed by atoms with Crippen molar-refractivity contribution in [3.8, 4) is 0 Å². The molecule has 3 N–H and O–H groups in total. The number of hydrogen-bond acceptors (Lipinski definition) is 6. The smallest absolute Gasteiger partial charge is 0.335 e. The Labute approximate surface area is 230 Å². The number of amides is 3. The maximum absolute atomic E-state index is 15.0. The van der Waals surface area contributed by atoms with E-state index in [0.717, 1.165) is 0 Å². The number of nitrogens with one attached hydrogen (secondary N) is 2. The standard InChI is InChI=1S/C29H29FN4O6/c1-29(2,3)40-25(35)17-34-24-14-7-6-13-23(24)33(22-12-5-4-11-20(22)30)16-21(26(34)36)32-28(39)31-19-10-8-9-18(15-19)27(37)38/h4-15,21H,16-17H2,1-3H3,(H,37,38)(H2,31,32,39). The molecule has 0 bridgehead atoms. The second-order valence-corrected chi connectivity index (χ2v) is 10.1. The summed E-state index contributed by atoms with van der Waals surface area (Å²) in [6.45, 7) is 4.51. The first-order chi connectivity index (χ1) is 18.9. The van der Waals surface area contributed by atoms with Gasteiger partial charge in [0.1, 0.15) is 24.0 Å². The number of hydrogen-bond donors (Lipinski definition) is 3. The zero-order valence-electron chi connectivity index (χ0n) is 22.2. The van der Waals surface area contributed by atoms with Crippen LogP contribution in [0.2, 0.25) is 0 Å². The van der Waals surface area contributed by atoms with Crippen molar-refractivity contribution < 1.29 is 33.4 Å². The van der Waals surface area contributed by atoms with Crippen LogP contribution in [-0.2, 0) is 14.3 Å². The molecule has 1 atom stereocenters. The monoisotopic (exact) mass is 548 g/mol. The van der Waals surface area contributed by atoms with E-state index in [1.54, 1.807) is 62.1 Å². The quantitative estimate of drug-likeness (QED) is 0.386. The molecule has 1 aliphatic heterocycles. The Morgan fingerprint density at radius 3 is 2.27 bits per heavy atom. The van der Waals surface area contributed by atoms with E-state index in [2.05, 4.69) is 10.6 Å². The summed E-state index contributed by atoms with van der Waals surface area (Å²) in [7, 11) is 0. The lowest BCUT2D eigenvalue weighted by molar-refractivity contribution is -0.153. The Bertz CT molecular complexity index is 1450. The normalized spacial score (nSPS) is 15.1. The number of carbonyl (C=O) groups is 4. The van der Waals surface area contributed by atoms with Gasteiger partial charge in [-0.05, 0) is 63.2 Å². The molecule has 40 heavy (non-hydrogen) atoms. The molecular weight excluding hydrogens is 519 g/mol. The van der Waals surface area contributed by atoms with Crippen molar-refractivity contribution in [2.45, 2.75) is 32.4 Å². The second-order valence-electron chi connectivity index (χ2n) is 10.1. The maximum atomic E-state index is 15.0. The van der Waals surface area contributed by atoms with Crippen LogP contribution in [0.15, 0.2) is 72.8 Å². The number of rotatable bonds is 6. The summed E-state index contributed by atoms with van der Waals surface area (Å²) in [6.07, 6.45) is 0. The minimum Gasteiger partial charge on any atom is -0.478 e. The van der Waals surface area contributed by atoms with Gasteiger partial charge in [0, 0.05) is 5.69 Å². The first-order valence-electron chi connectivity index (χ1n) is 12.5. The molecule has 0 fully saturated rings. The maximum Gasteiger partial charge on any atom is 0.335 e. The summed E-state index contributed by atoms with van der Waals surface area (Å²) in [5.41, 5.74) is 0.311. The molecule has 0 spiro atoms. The van der Waals surface area contributed by atoms with Gasteiger partial charge in [-0.1, -0.05) is 30.3 Å². The molecule has 0 aromatic heterocycles. The van der Waals surface area contributed by atoms with E-state index in [1.165, 1.54) is 41.3 Å². The molecule has 10 nitrogen and oxygen atoms in total. The fourth-order valence-electron chi connectivity index (χ4n) is 4.31. The fourth-order valence-corrected chi connectivity index (χ4v) is 4.31. The summed E-state index contributed by atoms with van der Waals surface area (Å²) in [5, 5.41) is 14.4. The second kappa shape index (κ2) is 11.4. The van der Waals surface area contributed by atoms with Gasteiger partial charge in [0.25, 0.3) is 5.91 Å². The average molecular weight is 549 g/mol. The number of carboxylic acid groups (broad SMARTS) is 1. The molecule has 208 valence electrons. The first kappa shape index (κ1) is 28.1. The zero-order valence-corrected chi connectivity index (χ0v) is 22.2. The number of fused-ring (bicyclic) bond motifs is 1. The van der Waals surface area contributed by atoms with Gasteiger partial charge in [-0.25, -0.2) is 14.0 Å². The van der Waals surface area contributed by atoms with Crippen LogP contribution >= 0.6 is 0 Å². The van der Waals surface area contributed by atoms with Gasteiger partial charge in [0.05, 0.1) is 29.2 Å². The molecule has 3 aromatic carbocycles. The number of esters is 1. The van der Waals surface area contributed by atoms with Crippen LogP contribution < -0.4 is 20.4 Å². The highest BCUT2D eigenvalue weighted by atomic mass is 19.1. The largest absolute Gasteiger partial charge is 0.478 e. The highest BCUT2D eigenvalue weighted by molar-refractivity contribution is 6.07. The summed E-state index contributed by atoms with van der Waals surface area (Å²) < 4.78 is 20.5. The number of urea groups is 1. The van der Waals surface area contributed by atoms with Crippen LogP contribution in [0, 0.1) is 5.82 Å². The van der Waals surface area contributed by atoms with Crippen molar-refractivity contribution >= 4 is 46.6 Å². The lowest BCUT2D eigenvalue weighted by Gasteiger charge is -2.27. The van der Waals surface area contributed by atoms with Crippen LogP contribution in [0.3, 0.4) is 0 Å². The summed E-state index contributed by atoms with van der Waals surface area (Å²) in [6, 6.07) is 16.3. The molecule has 11 heteroatoms. The number of ether oxygens (including phenoxy) is 1. The van der Waals surface area contributed by atoms with E-state index >= 15 is 4.39 Å². The number of carbonyl (C=O) groups excluding carboxylic acids is 3. The van der Waals surface area contributed by atoms with E-state index < -0.39 is 47.9 Å². The van der Waals surface area contributed by atoms with Gasteiger partial charge in [0.2, 0.25) is 0 Å². The summed E-state index contributed by atoms with van der Waals surface area (Å²) >= 11 is 0. The number of anilines is 4. The highest BCUT2D eigenvalue weighted by Gasteiger charge is 2.37. The Hall–Kier alpha value is -4.93. The van der Waals surface area contributed by atoms with E-state index in [4.69, 9.17) is 4.74 Å². The van der Waals surface area contributed by atoms with Crippen LogP contribution in [0.1, 0.15) is 31.1 Å². The van der Waals surface area contributed by atoms with Crippen molar-refractivity contribution in [2.75, 3.05) is 28.2 Å². The molecule has 0 radical (unpaired) electrons. The third kappa shape index (κ3) is 6.55. The predicted octanol–water partition coefficient (Wildman–Crippen LogP) is 4.54. The predicted molar refractivity (Wildman–Crippen MR) is 147 cm³/mol. The van der Waals surface area contributed by atoms with E-state index in [0.29, 0.717) is 11.4 Å². The van der Waals surface area contributed by atoms with Gasteiger partial charge >= 0.3 is 18.0 Å². The molecule has 0 saturated carbocycles. The van der Waals surface area contributed by atoms with E-state index in [-0.39, 0.29) is 23.5 Å². The molecule has 1 aliphatic rings. The summed E-state index contributed by atoms with van der Waals surface area (Å²) in [4.78, 5) is 53.8. The summed E-state index contributed by atoms with van der Waals surface area (Å²) in [5.74, 6) is -2.99. The van der Waals surface area contributed by atoms with Crippen LogP contribution in [0.25, 0.3) is 0 Å². The third-order valence-corrected chi connectivity index (χ3v) is 5.92. The number of para-hydroxylation sites is 3. The Morgan fingerprint density at radius 1 is 0.975 bits per heavy atom. The van der Waals surface area contributed by atoms with E-state index in [9.17, 15) is 24.3 Å². The number of nitrogens with zero attached hydrogens (tertiary/aromatic N) is 2. The van der Waals surface area contributed by atoms with Crippen molar-refractivity contribution in [3.63, 3.8) is 0 Å². The minimum atomic E-state index is -1.24. The van der Waals surface area contributed by atoms with Crippen LogP contribution in [-0.4, -0.2) is 53.7 Å². The van der Waals surface area contributed by atoms with Crippen LogP contribution in [0.4, 0.5) is 31.9 Å². The molecule has 3 amide bonds. The number of carboxylic acids is 1. The lowest BCUT2D eigenvalue weighted by atomic mass is 10.2. The zero-order chi connectivity index (χ0) is 29.0. The number of halogens is 1. The molecule has 0 aliphatic carbocycles. The van der Waals surface area contributed by atoms with Gasteiger partial charge in [-0.2, -0.15) is 0 Å². The van der Waals surface area contributed by atoms with Gasteiger partial charge in [0.15, 0.2) is 0 Å². The van der Waals surface area contributed by atoms with Gasteiger partial charge < -0.3 is 25.4 Å². The molecule has 1 heterocycles. The lowest BCUT2D eigenvalue weighted by Crippen LogP contribution is -2.53. The minimum absolute atomic E-state index is 0.0342. The molecule has 1 unspecified atom stereocenters. The topological polar surface area (TPSA) is 128 Å². The molecule has 4 rings (SSSR count). The first-order valence-corrected chi connectivity index (χ1v) is 12.5. The Kier molecular flexibility index (Phi) is 8.03. The fraction of sp³-hybridized carbons (Fsp3) is 0.241. The molecule has 0 saturated heterocycles. The number of aromatic carboxylic acids is 1. The van der Waals surface area contributed by atoms with E-state index in [1.807, 2.05) is 0 Å². The molecular formula is C29H29FN4O6. The Balaban J connectivity index is 1.70. The van der Waals surface area contributed by atoms with Crippen molar-refractivity contribution in [3.05, 3.63) is 84.2 Å². The highest BCUT2D eigenvalue weighted by Crippen LogP contribution is 2.38. The average Bonchev–Trinajstić information content (AvgIpc) is 2.99. The van der Waals surface area contributed by atoms with Gasteiger partial charge in [-0.15, -0.1) is 0 Å². The third-order valence-electron chi connectivity index (χ3n) is 5.92. The SMILES string of the molecule is CC(C)(C)OC(=O)CN1C(=O)C(NC(=O)Nc2cccc(C(=O)O)c2)CN(c2ccccc2F)c2ccccc21. The Morgan fingerprint density at radius 2 is 1.62 bits per heavy atom. The van der Waals surface area contributed by atoms with Gasteiger partial charge in [-0.3, -0.25) is 14.5 Å². The molecule has 3 aromatic rings. The van der Waals surface area contributed by atoms with Crippen molar-refractivity contribution in [1.82, 2.24) is 5.32 Å². The van der Waals surface area contributed by atoms with Crippen molar-refractivity contribution in [1.29, 1.82) is 0 Å². The van der Waals surface area contributed by atoms with Crippen LogP contribution in [0.5, 0.6) is 0 Å². The number of benzene rings is 3. The van der Waals surface area contributed by atoms with Crippen molar-refractivity contribution in [2.24, 2.45) is 0 Å².